The first-order valence-corrected chi connectivity index (χ1v) is 10.1. The molecule has 0 aliphatic carbocycles. The monoisotopic (exact) mass is 399 g/mol. The summed E-state index contributed by atoms with van der Waals surface area (Å²) in [7, 11) is 0. The molecule has 3 aromatic rings. The summed E-state index contributed by atoms with van der Waals surface area (Å²) in [4.78, 5) is 31.2. The molecule has 1 fully saturated rings. The molecule has 8 heteroatoms. The van der Waals surface area contributed by atoms with Crippen LogP contribution in [0.1, 0.15) is 29.8 Å². The van der Waals surface area contributed by atoms with Gasteiger partial charge in [0.2, 0.25) is 5.91 Å². The summed E-state index contributed by atoms with van der Waals surface area (Å²) in [5, 5.41) is 3.38. The number of nitrogens with one attached hydrogen (secondary N) is 1. The zero-order chi connectivity index (χ0) is 19.3. The van der Waals surface area contributed by atoms with Crippen LogP contribution in [0.5, 0.6) is 0 Å². The largest absolute Gasteiger partial charge is 0.459 e. The van der Waals surface area contributed by atoms with Gasteiger partial charge < -0.3 is 14.5 Å². The van der Waals surface area contributed by atoms with Gasteiger partial charge in [0.05, 0.1) is 29.1 Å². The Kier molecular flexibility index (Phi) is 5.68. The number of carbonyl (C=O) groups excluding carboxylic acids is 2. The molecule has 146 valence electrons. The third-order valence-corrected chi connectivity index (χ3v) is 5.65. The molecule has 3 heterocycles. The van der Waals surface area contributed by atoms with E-state index >= 15 is 0 Å². The molecule has 1 aromatic carbocycles. The molecule has 0 spiro atoms. The number of fused-ring (bicyclic) bond motifs is 1. The van der Waals surface area contributed by atoms with E-state index in [1.165, 1.54) is 17.6 Å². The first kappa shape index (κ1) is 18.6. The average molecular weight is 399 g/mol. The molecule has 0 radical (unpaired) electrons. The lowest BCUT2D eigenvalue weighted by atomic mass is 10.2. The van der Waals surface area contributed by atoms with Crippen molar-refractivity contribution in [3.05, 3.63) is 48.4 Å². The van der Waals surface area contributed by atoms with Gasteiger partial charge in [-0.25, -0.2) is 4.98 Å². The summed E-state index contributed by atoms with van der Waals surface area (Å²) in [6.45, 7) is 1.43. The van der Waals surface area contributed by atoms with Crippen LogP contribution in [-0.4, -0.2) is 42.6 Å². The molecule has 1 saturated heterocycles. The number of rotatable bonds is 7. The van der Waals surface area contributed by atoms with Crippen LogP contribution in [0.2, 0.25) is 0 Å². The lowest BCUT2D eigenvalue weighted by Crippen LogP contribution is -2.39. The first-order valence-electron chi connectivity index (χ1n) is 9.30. The Hall–Kier alpha value is -2.71. The number of benzene rings is 1. The molecular weight excluding hydrogens is 378 g/mol. The van der Waals surface area contributed by atoms with Gasteiger partial charge in [0, 0.05) is 19.6 Å². The number of para-hydroxylation sites is 1. The maximum atomic E-state index is 12.9. The Morgan fingerprint density at radius 3 is 2.89 bits per heavy atom. The van der Waals surface area contributed by atoms with Crippen molar-refractivity contribution in [2.75, 3.05) is 24.6 Å². The van der Waals surface area contributed by atoms with Crippen LogP contribution in [0, 0.1) is 0 Å². The Morgan fingerprint density at radius 1 is 1.25 bits per heavy atom. The minimum atomic E-state index is -0.330. The number of anilines is 1. The molecule has 7 nitrogen and oxygen atoms in total. The second-order valence-corrected chi connectivity index (χ2v) is 7.60. The fourth-order valence-corrected chi connectivity index (χ4v) is 4.16. The minimum absolute atomic E-state index is 0.0219. The topological polar surface area (TPSA) is 84.7 Å². The van der Waals surface area contributed by atoms with Crippen LogP contribution in [0.4, 0.5) is 5.13 Å². The van der Waals surface area contributed by atoms with E-state index in [9.17, 15) is 9.59 Å². The third kappa shape index (κ3) is 4.23. The zero-order valence-corrected chi connectivity index (χ0v) is 16.1. The number of carbonyl (C=O) groups is 2. The maximum Gasteiger partial charge on any atom is 0.286 e. The highest BCUT2D eigenvalue weighted by molar-refractivity contribution is 7.22. The Labute approximate surface area is 166 Å². The first-order chi connectivity index (χ1) is 13.7. The standard InChI is InChI=1S/C20H21N3O4S/c24-18(9-10-21-19(25)16-7-4-12-27-16)23(13-14-5-3-11-26-14)20-22-15-6-1-2-8-17(15)28-20/h1-2,4,6-8,12,14H,3,5,9-11,13H2,(H,21,25)/t14-/m0/s1. The van der Waals surface area contributed by atoms with Gasteiger partial charge in [0.1, 0.15) is 0 Å². The van der Waals surface area contributed by atoms with Crippen molar-refractivity contribution in [2.45, 2.75) is 25.4 Å². The van der Waals surface area contributed by atoms with Gasteiger partial charge in [-0.1, -0.05) is 23.5 Å². The van der Waals surface area contributed by atoms with E-state index in [1.807, 2.05) is 24.3 Å². The predicted molar refractivity (Wildman–Crippen MR) is 107 cm³/mol. The number of aromatic nitrogens is 1. The molecule has 28 heavy (non-hydrogen) atoms. The summed E-state index contributed by atoms with van der Waals surface area (Å²) in [6.07, 6.45) is 3.58. The van der Waals surface area contributed by atoms with Crippen molar-refractivity contribution < 1.29 is 18.7 Å². The summed E-state index contributed by atoms with van der Waals surface area (Å²) < 4.78 is 11.8. The second kappa shape index (κ2) is 8.53. The lowest BCUT2D eigenvalue weighted by molar-refractivity contribution is -0.118. The smallest absolute Gasteiger partial charge is 0.286 e. The fraction of sp³-hybridized carbons (Fsp3) is 0.350. The van der Waals surface area contributed by atoms with E-state index < -0.39 is 0 Å². The van der Waals surface area contributed by atoms with Crippen LogP contribution in [0.15, 0.2) is 47.1 Å². The average Bonchev–Trinajstić information content (AvgIpc) is 3.47. The second-order valence-electron chi connectivity index (χ2n) is 6.59. The summed E-state index contributed by atoms with van der Waals surface area (Å²) >= 11 is 1.49. The van der Waals surface area contributed by atoms with E-state index in [2.05, 4.69) is 10.3 Å². The van der Waals surface area contributed by atoms with Gasteiger partial charge in [-0.05, 0) is 37.1 Å². The molecule has 0 bridgehead atoms. The Morgan fingerprint density at radius 2 is 2.14 bits per heavy atom. The molecule has 2 aromatic heterocycles. The number of hydrogen-bond donors (Lipinski definition) is 1. The highest BCUT2D eigenvalue weighted by Crippen LogP contribution is 2.30. The van der Waals surface area contributed by atoms with E-state index in [1.54, 1.807) is 17.0 Å². The van der Waals surface area contributed by atoms with Crippen molar-refractivity contribution >= 4 is 38.5 Å². The predicted octanol–water partition coefficient (Wildman–Crippen LogP) is 3.22. The molecule has 1 aliphatic heterocycles. The normalized spacial score (nSPS) is 16.4. The molecule has 1 aliphatic rings. The van der Waals surface area contributed by atoms with Crippen LogP contribution in [-0.2, 0) is 9.53 Å². The van der Waals surface area contributed by atoms with Crippen molar-refractivity contribution in [1.82, 2.24) is 10.3 Å². The summed E-state index contributed by atoms with van der Waals surface area (Å²) in [5.74, 6) is -0.187. The molecular formula is C20H21N3O4S. The van der Waals surface area contributed by atoms with Gasteiger partial charge in [0.25, 0.3) is 5.91 Å². The Balaban J connectivity index is 1.44. The van der Waals surface area contributed by atoms with E-state index in [0.29, 0.717) is 11.7 Å². The summed E-state index contributed by atoms with van der Waals surface area (Å²) in [6, 6.07) is 11.1. The molecule has 2 amide bonds. The van der Waals surface area contributed by atoms with Crippen molar-refractivity contribution in [3.63, 3.8) is 0 Å². The highest BCUT2D eigenvalue weighted by Gasteiger charge is 2.26. The number of hydrogen-bond acceptors (Lipinski definition) is 6. The van der Waals surface area contributed by atoms with Crippen LogP contribution in [0.25, 0.3) is 10.2 Å². The van der Waals surface area contributed by atoms with Crippen LogP contribution < -0.4 is 10.2 Å². The third-order valence-electron chi connectivity index (χ3n) is 4.59. The highest BCUT2D eigenvalue weighted by atomic mass is 32.1. The van der Waals surface area contributed by atoms with E-state index in [4.69, 9.17) is 9.15 Å². The number of ether oxygens (including phenoxy) is 1. The maximum absolute atomic E-state index is 12.9. The lowest BCUT2D eigenvalue weighted by Gasteiger charge is -2.23. The Bertz CT molecular complexity index is 914. The molecule has 4 rings (SSSR count). The van der Waals surface area contributed by atoms with Gasteiger partial charge in [-0.2, -0.15) is 0 Å². The quantitative estimate of drug-likeness (QED) is 0.659. The SMILES string of the molecule is O=C(NCCC(=O)N(C[C@@H]1CCCO1)c1nc2ccccc2s1)c1ccco1. The van der Waals surface area contributed by atoms with E-state index in [0.717, 1.165) is 29.7 Å². The van der Waals surface area contributed by atoms with E-state index in [-0.39, 0.29) is 36.6 Å². The van der Waals surface area contributed by atoms with Crippen LogP contribution in [0.3, 0.4) is 0 Å². The molecule has 1 N–H and O–H groups in total. The number of furan rings is 1. The fourth-order valence-electron chi connectivity index (χ4n) is 3.17. The van der Waals surface area contributed by atoms with Crippen molar-refractivity contribution in [2.24, 2.45) is 0 Å². The number of amides is 2. The van der Waals surface area contributed by atoms with Gasteiger partial charge in [0.15, 0.2) is 10.9 Å². The zero-order valence-electron chi connectivity index (χ0n) is 15.3. The molecule has 1 atom stereocenters. The van der Waals surface area contributed by atoms with Gasteiger partial charge >= 0.3 is 0 Å². The van der Waals surface area contributed by atoms with Crippen molar-refractivity contribution in [1.29, 1.82) is 0 Å². The summed E-state index contributed by atoms with van der Waals surface area (Å²) in [5.41, 5.74) is 0.874. The molecule has 0 unspecified atom stereocenters. The van der Waals surface area contributed by atoms with Crippen molar-refractivity contribution in [3.8, 4) is 0 Å². The van der Waals surface area contributed by atoms with Gasteiger partial charge in [-0.3, -0.25) is 14.5 Å². The minimum Gasteiger partial charge on any atom is -0.459 e. The molecule has 0 saturated carbocycles. The number of nitrogens with zero attached hydrogens (tertiary/aromatic N) is 2. The van der Waals surface area contributed by atoms with Gasteiger partial charge in [-0.15, -0.1) is 0 Å². The number of thiazole rings is 1. The van der Waals surface area contributed by atoms with Crippen LogP contribution >= 0.6 is 11.3 Å².